The number of hydrogen-bond donors (Lipinski definition) is 2. The molecule has 22 heavy (non-hydrogen) atoms. The molecule has 0 radical (unpaired) electrons. The SMILES string of the molecule is Nc1cc(NC(=O)c2ccc(Br)cc2)ccc1N1CCCC1. The maximum atomic E-state index is 12.2. The van der Waals surface area contributed by atoms with Crippen molar-refractivity contribution in [3.05, 3.63) is 52.5 Å². The summed E-state index contributed by atoms with van der Waals surface area (Å²) in [5, 5.41) is 2.88. The first-order valence-electron chi connectivity index (χ1n) is 7.35. The molecule has 1 saturated heterocycles. The number of anilines is 3. The Morgan fingerprint density at radius 2 is 1.77 bits per heavy atom. The second-order valence-corrected chi connectivity index (χ2v) is 6.34. The maximum Gasteiger partial charge on any atom is 0.255 e. The molecule has 114 valence electrons. The van der Waals surface area contributed by atoms with Crippen LogP contribution < -0.4 is 16.0 Å². The van der Waals surface area contributed by atoms with Gasteiger partial charge in [-0.15, -0.1) is 0 Å². The van der Waals surface area contributed by atoms with E-state index < -0.39 is 0 Å². The Morgan fingerprint density at radius 3 is 2.41 bits per heavy atom. The molecule has 1 heterocycles. The summed E-state index contributed by atoms with van der Waals surface area (Å²) in [6.45, 7) is 2.10. The second kappa shape index (κ2) is 6.40. The fourth-order valence-electron chi connectivity index (χ4n) is 2.68. The van der Waals surface area contributed by atoms with Crippen LogP contribution in [0.4, 0.5) is 17.1 Å². The van der Waals surface area contributed by atoms with Crippen molar-refractivity contribution in [2.75, 3.05) is 29.0 Å². The van der Waals surface area contributed by atoms with Gasteiger partial charge in [0.1, 0.15) is 0 Å². The van der Waals surface area contributed by atoms with Crippen LogP contribution >= 0.6 is 15.9 Å². The molecular weight excluding hydrogens is 342 g/mol. The summed E-state index contributed by atoms with van der Waals surface area (Å²) in [7, 11) is 0. The van der Waals surface area contributed by atoms with Gasteiger partial charge in [-0.25, -0.2) is 0 Å². The molecule has 1 amide bonds. The molecule has 0 saturated carbocycles. The molecule has 3 N–H and O–H groups in total. The fourth-order valence-corrected chi connectivity index (χ4v) is 2.95. The van der Waals surface area contributed by atoms with Gasteiger partial charge in [0.2, 0.25) is 0 Å². The van der Waals surface area contributed by atoms with Crippen molar-refractivity contribution in [2.24, 2.45) is 0 Å². The maximum absolute atomic E-state index is 12.2. The van der Waals surface area contributed by atoms with Crippen LogP contribution in [0.1, 0.15) is 23.2 Å². The van der Waals surface area contributed by atoms with Crippen LogP contribution in [0.3, 0.4) is 0 Å². The van der Waals surface area contributed by atoms with E-state index in [1.165, 1.54) is 12.8 Å². The summed E-state index contributed by atoms with van der Waals surface area (Å²) in [6, 6.07) is 13.0. The number of hydrogen-bond acceptors (Lipinski definition) is 3. The van der Waals surface area contributed by atoms with E-state index in [9.17, 15) is 4.79 Å². The van der Waals surface area contributed by atoms with E-state index in [1.807, 2.05) is 30.3 Å². The van der Waals surface area contributed by atoms with E-state index >= 15 is 0 Å². The molecule has 0 spiro atoms. The summed E-state index contributed by atoms with van der Waals surface area (Å²) in [5.74, 6) is -0.138. The molecule has 4 nitrogen and oxygen atoms in total. The highest BCUT2D eigenvalue weighted by atomic mass is 79.9. The summed E-state index contributed by atoms with van der Waals surface area (Å²) in [6.07, 6.45) is 2.42. The minimum atomic E-state index is -0.138. The summed E-state index contributed by atoms with van der Waals surface area (Å²) < 4.78 is 0.947. The zero-order valence-electron chi connectivity index (χ0n) is 12.2. The molecule has 1 fully saturated rings. The van der Waals surface area contributed by atoms with Gasteiger partial charge in [-0.1, -0.05) is 15.9 Å². The standard InChI is InChI=1S/C17H18BrN3O/c18-13-5-3-12(4-6-13)17(22)20-14-7-8-16(15(19)11-14)21-9-1-2-10-21/h3-8,11H,1-2,9-10,19H2,(H,20,22). The first-order valence-corrected chi connectivity index (χ1v) is 8.14. The number of benzene rings is 2. The first kappa shape index (κ1) is 14.9. The quantitative estimate of drug-likeness (QED) is 0.817. The molecule has 0 aromatic heterocycles. The minimum absolute atomic E-state index is 0.138. The average Bonchev–Trinajstić information content (AvgIpc) is 3.02. The van der Waals surface area contributed by atoms with Gasteiger partial charge in [-0.3, -0.25) is 4.79 Å². The highest BCUT2D eigenvalue weighted by molar-refractivity contribution is 9.10. The molecule has 3 rings (SSSR count). The number of carbonyl (C=O) groups excluding carboxylic acids is 1. The lowest BCUT2D eigenvalue weighted by atomic mass is 10.2. The highest BCUT2D eigenvalue weighted by Gasteiger charge is 2.15. The van der Waals surface area contributed by atoms with E-state index in [0.717, 1.165) is 23.2 Å². The summed E-state index contributed by atoms with van der Waals surface area (Å²) >= 11 is 3.36. The highest BCUT2D eigenvalue weighted by Crippen LogP contribution is 2.29. The number of nitrogens with one attached hydrogen (secondary N) is 1. The lowest BCUT2D eigenvalue weighted by molar-refractivity contribution is 0.102. The van der Waals surface area contributed by atoms with Crippen LogP contribution in [0.2, 0.25) is 0 Å². The molecule has 0 unspecified atom stereocenters. The Labute approximate surface area is 138 Å². The van der Waals surface area contributed by atoms with Gasteiger partial charge in [0, 0.05) is 28.8 Å². The average molecular weight is 360 g/mol. The number of nitrogens with zero attached hydrogens (tertiary/aromatic N) is 1. The van der Waals surface area contributed by atoms with Crippen LogP contribution in [0.15, 0.2) is 46.9 Å². The third kappa shape index (κ3) is 3.25. The minimum Gasteiger partial charge on any atom is -0.397 e. The predicted octanol–water partition coefficient (Wildman–Crippen LogP) is 3.88. The van der Waals surface area contributed by atoms with E-state index in [2.05, 4.69) is 26.1 Å². The predicted molar refractivity (Wildman–Crippen MR) is 94.4 cm³/mol. The summed E-state index contributed by atoms with van der Waals surface area (Å²) in [4.78, 5) is 14.5. The molecular formula is C17H18BrN3O. The number of halogens is 1. The third-order valence-corrected chi connectivity index (χ3v) is 4.37. The van der Waals surface area contributed by atoms with Gasteiger partial charge in [-0.05, 0) is 55.3 Å². The lowest BCUT2D eigenvalue weighted by Crippen LogP contribution is -2.19. The number of nitrogens with two attached hydrogens (primary N) is 1. The van der Waals surface area contributed by atoms with Crippen molar-refractivity contribution in [1.29, 1.82) is 0 Å². The number of amides is 1. The lowest BCUT2D eigenvalue weighted by Gasteiger charge is -2.20. The first-order chi connectivity index (χ1) is 10.6. The van der Waals surface area contributed by atoms with Crippen LogP contribution in [-0.4, -0.2) is 19.0 Å². The van der Waals surface area contributed by atoms with Crippen molar-refractivity contribution >= 4 is 38.9 Å². The number of rotatable bonds is 3. The van der Waals surface area contributed by atoms with E-state index in [1.54, 1.807) is 12.1 Å². The van der Waals surface area contributed by atoms with Crippen molar-refractivity contribution in [3.8, 4) is 0 Å². The van der Waals surface area contributed by atoms with Crippen molar-refractivity contribution in [1.82, 2.24) is 0 Å². The number of nitrogen functional groups attached to an aromatic ring is 1. The Kier molecular flexibility index (Phi) is 4.34. The van der Waals surface area contributed by atoms with Crippen LogP contribution in [0.5, 0.6) is 0 Å². The molecule has 1 aliphatic heterocycles. The van der Waals surface area contributed by atoms with Crippen molar-refractivity contribution in [3.63, 3.8) is 0 Å². The van der Waals surface area contributed by atoms with Gasteiger partial charge in [0.25, 0.3) is 5.91 Å². The van der Waals surface area contributed by atoms with Gasteiger partial charge >= 0.3 is 0 Å². The Hall–Kier alpha value is -2.01. The fraction of sp³-hybridized carbons (Fsp3) is 0.235. The Bertz CT molecular complexity index is 679. The number of carbonyl (C=O) groups is 1. The van der Waals surface area contributed by atoms with Crippen LogP contribution in [0, 0.1) is 0 Å². The Morgan fingerprint density at radius 1 is 1.09 bits per heavy atom. The van der Waals surface area contributed by atoms with Crippen LogP contribution in [-0.2, 0) is 0 Å². The van der Waals surface area contributed by atoms with E-state index in [-0.39, 0.29) is 5.91 Å². The molecule has 5 heteroatoms. The Balaban J connectivity index is 1.73. The molecule has 0 bridgehead atoms. The smallest absolute Gasteiger partial charge is 0.255 e. The van der Waals surface area contributed by atoms with Crippen molar-refractivity contribution in [2.45, 2.75) is 12.8 Å². The molecule has 0 atom stereocenters. The monoisotopic (exact) mass is 359 g/mol. The zero-order chi connectivity index (χ0) is 15.5. The van der Waals surface area contributed by atoms with E-state index in [4.69, 9.17) is 5.73 Å². The summed E-state index contributed by atoms with van der Waals surface area (Å²) in [5.41, 5.74) is 9.23. The zero-order valence-corrected chi connectivity index (χ0v) is 13.8. The largest absolute Gasteiger partial charge is 0.397 e. The normalized spacial score (nSPS) is 14.1. The third-order valence-electron chi connectivity index (χ3n) is 3.84. The van der Waals surface area contributed by atoms with Gasteiger partial charge in [0.05, 0.1) is 11.4 Å². The molecule has 2 aromatic carbocycles. The molecule has 0 aliphatic carbocycles. The van der Waals surface area contributed by atoms with Gasteiger partial charge in [0.15, 0.2) is 0 Å². The molecule has 1 aliphatic rings. The van der Waals surface area contributed by atoms with Crippen molar-refractivity contribution < 1.29 is 4.79 Å². The molecule has 2 aromatic rings. The van der Waals surface area contributed by atoms with Gasteiger partial charge < -0.3 is 16.0 Å². The van der Waals surface area contributed by atoms with Crippen LogP contribution in [0.25, 0.3) is 0 Å². The van der Waals surface area contributed by atoms with Gasteiger partial charge in [-0.2, -0.15) is 0 Å². The second-order valence-electron chi connectivity index (χ2n) is 5.43. The topological polar surface area (TPSA) is 58.4 Å². The van der Waals surface area contributed by atoms with E-state index in [0.29, 0.717) is 16.9 Å².